The molecule has 45 heavy (non-hydrogen) atoms. The van der Waals surface area contributed by atoms with Crippen LogP contribution in [0.3, 0.4) is 0 Å². The van der Waals surface area contributed by atoms with Gasteiger partial charge in [-0.2, -0.15) is 0 Å². The van der Waals surface area contributed by atoms with E-state index in [2.05, 4.69) is 21.2 Å². The molecule has 0 radical (unpaired) electrons. The number of nitrogens with zero attached hydrogens (tertiary/aromatic N) is 3. The number of nitrogens with one attached hydrogen (secondary N) is 1. The van der Waals surface area contributed by atoms with E-state index in [1.807, 2.05) is 60.7 Å². The molecule has 10 nitrogen and oxygen atoms in total. The van der Waals surface area contributed by atoms with E-state index in [1.165, 1.54) is 28.8 Å². The van der Waals surface area contributed by atoms with Gasteiger partial charge in [-0.25, -0.2) is 4.90 Å². The summed E-state index contributed by atoms with van der Waals surface area (Å²) in [5.74, 6) is -2.80. The van der Waals surface area contributed by atoms with Gasteiger partial charge >= 0.3 is 4.87 Å². The summed E-state index contributed by atoms with van der Waals surface area (Å²) in [5.41, 5.74) is 1.43. The van der Waals surface area contributed by atoms with Crippen LogP contribution >= 0.6 is 39.0 Å². The van der Waals surface area contributed by atoms with Gasteiger partial charge in [0.15, 0.2) is 0 Å². The minimum absolute atomic E-state index is 0.162. The molecule has 3 heterocycles. The number of thiazole rings is 1. The molecular weight excluding hydrogens is 680 g/mol. The third-order valence-corrected chi connectivity index (χ3v) is 11.1. The van der Waals surface area contributed by atoms with Crippen LogP contribution in [-0.4, -0.2) is 32.5 Å². The van der Waals surface area contributed by atoms with Crippen molar-refractivity contribution < 1.29 is 19.3 Å². The maximum Gasteiger partial charge on any atom is 0.308 e. The first-order valence-corrected chi connectivity index (χ1v) is 16.3. The number of hydrogen-bond donors (Lipinski definition) is 1. The number of thioether (sulfide) groups is 1. The number of amides is 3. The predicted molar refractivity (Wildman–Crippen MR) is 176 cm³/mol. The number of halogens is 1. The SMILES string of the molecule is O=C(Cn1c2c(sc1=O)C(c1ccc(Br)cc1)C1C(=O)N(c3ccc([N+](=O)[O-])cc3)C(=O)C1S2)Nc1cccc2ccccc12. The highest BCUT2D eigenvalue weighted by Gasteiger charge is 2.56. The Morgan fingerprint density at radius 1 is 0.911 bits per heavy atom. The van der Waals surface area contributed by atoms with E-state index >= 15 is 0 Å². The largest absolute Gasteiger partial charge is 0.324 e. The van der Waals surface area contributed by atoms with Crippen molar-refractivity contribution in [2.24, 2.45) is 5.92 Å². The summed E-state index contributed by atoms with van der Waals surface area (Å²) in [6.07, 6.45) is 0. The first-order chi connectivity index (χ1) is 21.7. The molecule has 3 unspecified atom stereocenters. The van der Waals surface area contributed by atoms with Crippen LogP contribution in [0.5, 0.6) is 0 Å². The van der Waals surface area contributed by atoms with Crippen LogP contribution in [0.1, 0.15) is 16.4 Å². The van der Waals surface area contributed by atoms with Crippen LogP contribution < -0.4 is 15.1 Å². The molecule has 4 aromatic carbocycles. The first kappa shape index (κ1) is 29.1. The topological polar surface area (TPSA) is 132 Å². The molecule has 5 aromatic rings. The van der Waals surface area contributed by atoms with E-state index in [4.69, 9.17) is 0 Å². The smallest absolute Gasteiger partial charge is 0.308 e. The van der Waals surface area contributed by atoms with Crippen LogP contribution in [0, 0.1) is 16.0 Å². The lowest BCUT2D eigenvalue weighted by Crippen LogP contribution is -2.33. The van der Waals surface area contributed by atoms with Crippen molar-refractivity contribution in [3.05, 3.63) is 126 Å². The second-order valence-corrected chi connectivity index (χ2v) is 13.6. The van der Waals surface area contributed by atoms with Crippen molar-refractivity contribution >= 4 is 84.6 Å². The van der Waals surface area contributed by atoms with Gasteiger partial charge in [0.25, 0.3) is 5.69 Å². The molecule has 7 rings (SSSR count). The fourth-order valence-electron chi connectivity index (χ4n) is 5.93. The maximum absolute atomic E-state index is 14.0. The predicted octanol–water partition coefficient (Wildman–Crippen LogP) is 6.17. The number of hydrogen-bond acceptors (Lipinski definition) is 8. The molecule has 2 aliphatic rings. The fourth-order valence-corrected chi connectivity index (χ4v) is 8.97. The zero-order valence-corrected chi connectivity index (χ0v) is 26.3. The van der Waals surface area contributed by atoms with Gasteiger partial charge in [0.1, 0.15) is 11.8 Å². The molecule has 1 aromatic heterocycles. The molecule has 3 atom stereocenters. The third-order valence-electron chi connectivity index (χ3n) is 7.96. The normalized spacial score (nSPS) is 19.0. The molecule has 224 valence electrons. The molecule has 13 heteroatoms. The van der Waals surface area contributed by atoms with Crippen LogP contribution in [0.15, 0.2) is 105 Å². The van der Waals surface area contributed by atoms with Crippen molar-refractivity contribution in [3.8, 4) is 0 Å². The van der Waals surface area contributed by atoms with Crippen molar-refractivity contribution in [3.63, 3.8) is 0 Å². The van der Waals surface area contributed by atoms with Crippen molar-refractivity contribution in [2.75, 3.05) is 10.2 Å². The number of aromatic nitrogens is 1. The van der Waals surface area contributed by atoms with Gasteiger partial charge in [-0.15, -0.1) is 0 Å². The van der Waals surface area contributed by atoms with E-state index in [1.54, 1.807) is 6.07 Å². The molecule has 0 bridgehead atoms. The minimum atomic E-state index is -0.879. The maximum atomic E-state index is 14.0. The van der Waals surface area contributed by atoms with Gasteiger partial charge in [-0.05, 0) is 41.3 Å². The summed E-state index contributed by atoms with van der Waals surface area (Å²) in [6.45, 7) is -0.278. The standard InChI is InChI=1S/C32H21BrN4O6S2/c33-19-10-8-18(9-11-19)25-26-27(30(40)36(29(26)39)20-12-14-21(15-13-20)37(42)43)44-31-28(25)45-32(41)35(31)16-24(38)34-23-7-3-5-17-4-1-2-6-22(17)23/h1-15,25-27H,16H2,(H,34,38). The third kappa shape index (κ3) is 5.06. The summed E-state index contributed by atoms with van der Waals surface area (Å²) in [6, 6.07) is 25.8. The molecule has 0 spiro atoms. The lowest BCUT2D eigenvalue weighted by atomic mass is 9.83. The van der Waals surface area contributed by atoms with E-state index in [0.29, 0.717) is 15.6 Å². The molecular formula is C32H21BrN4O6S2. The summed E-state index contributed by atoms with van der Waals surface area (Å²) in [5, 5.41) is 15.5. The van der Waals surface area contributed by atoms with Gasteiger partial charge < -0.3 is 5.32 Å². The Kier molecular flexibility index (Phi) is 7.38. The Bertz CT molecular complexity index is 2090. The zero-order valence-electron chi connectivity index (χ0n) is 23.1. The average Bonchev–Trinajstić information content (AvgIpc) is 3.48. The number of anilines is 2. The monoisotopic (exact) mass is 700 g/mol. The van der Waals surface area contributed by atoms with Gasteiger partial charge in [-0.1, -0.05) is 87.6 Å². The van der Waals surface area contributed by atoms with Gasteiger partial charge in [0.05, 0.1) is 21.6 Å². The molecule has 1 N–H and O–H groups in total. The number of rotatable bonds is 6. The summed E-state index contributed by atoms with van der Waals surface area (Å²) in [4.78, 5) is 66.6. The zero-order chi connectivity index (χ0) is 31.4. The van der Waals surface area contributed by atoms with Crippen molar-refractivity contribution in [2.45, 2.75) is 22.7 Å². The molecule has 1 saturated heterocycles. The van der Waals surface area contributed by atoms with Crippen LogP contribution in [0.25, 0.3) is 10.8 Å². The van der Waals surface area contributed by atoms with E-state index in [9.17, 15) is 29.3 Å². The van der Waals surface area contributed by atoms with Crippen molar-refractivity contribution in [1.29, 1.82) is 0 Å². The Balaban J connectivity index is 1.27. The lowest BCUT2D eigenvalue weighted by molar-refractivity contribution is -0.384. The van der Waals surface area contributed by atoms with E-state index in [-0.39, 0.29) is 22.8 Å². The van der Waals surface area contributed by atoms with Crippen LogP contribution in [0.4, 0.5) is 17.1 Å². The molecule has 1 fully saturated rings. The van der Waals surface area contributed by atoms with Gasteiger partial charge in [0.2, 0.25) is 17.7 Å². The van der Waals surface area contributed by atoms with E-state index in [0.717, 1.165) is 48.8 Å². The van der Waals surface area contributed by atoms with Gasteiger partial charge in [-0.3, -0.25) is 33.9 Å². The second kappa shape index (κ2) is 11.4. The van der Waals surface area contributed by atoms with Gasteiger partial charge in [0, 0.05) is 38.5 Å². The Morgan fingerprint density at radius 3 is 2.36 bits per heavy atom. The minimum Gasteiger partial charge on any atom is -0.324 e. The van der Waals surface area contributed by atoms with E-state index < -0.39 is 39.7 Å². The number of non-ortho nitro benzene ring substituents is 1. The number of nitro groups is 1. The van der Waals surface area contributed by atoms with Crippen molar-refractivity contribution in [1.82, 2.24) is 4.57 Å². The Morgan fingerprint density at radius 2 is 1.62 bits per heavy atom. The first-order valence-electron chi connectivity index (χ1n) is 13.8. The fraction of sp³-hybridized carbons (Fsp3) is 0.125. The number of benzene rings is 4. The number of nitro benzene ring substituents is 1. The summed E-state index contributed by atoms with van der Waals surface area (Å²) < 4.78 is 2.20. The highest BCUT2D eigenvalue weighted by atomic mass is 79.9. The quantitative estimate of drug-likeness (QED) is 0.127. The summed E-state index contributed by atoms with van der Waals surface area (Å²) >= 11 is 5.52. The van der Waals surface area contributed by atoms with Crippen LogP contribution in [-0.2, 0) is 20.9 Å². The molecule has 2 aliphatic heterocycles. The Labute approximate surface area is 271 Å². The molecule has 3 amide bonds. The number of fused-ring (bicyclic) bond motifs is 3. The highest BCUT2D eigenvalue weighted by Crippen LogP contribution is 2.54. The number of carbonyl (C=O) groups is 3. The summed E-state index contributed by atoms with van der Waals surface area (Å²) in [7, 11) is 0. The van der Waals surface area contributed by atoms with Crippen LogP contribution in [0.2, 0.25) is 0 Å². The number of carbonyl (C=O) groups excluding carboxylic acids is 3. The second-order valence-electron chi connectivity index (χ2n) is 10.6. The average molecular weight is 702 g/mol. The molecule has 0 saturated carbocycles. The molecule has 0 aliphatic carbocycles. The highest BCUT2D eigenvalue weighted by molar-refractivity contribution is 9.10. The lowest BCUT2D eigenvalue weighted by Gasteiger charge is -2.30. The number of imide groups is 1. The Hall–Kier alpha value is -4.59.